The molecule has 0 fully saturated rings. The van der Waals surface area contributed by atoms with Crippen molar-refractivity contribution in [3.8, 4) is 22.5 Å². The molecule has 3 heterocycles. The Hall–Kier alpha value is -4.47. The van der Waals surface area contributed by atoms with Gasteiger partial charge >= 0.3 is 0 Å². The molecule has 0 saturated heterocycles. The lowest BCUT2D eigenvalue weighted by Crippen LogP contribution is -2.14. The van der Waals surface area contributed by atoms with Crippen LogP contribution in [-0.2, 0) is 6.54 Å². The molecule has 0 saturated carbocycles. The van der Waals surface area contributed by atoms with Crippen molar-refractivity contribution in [2.75, 3.05) is 10.6 Å². The summed E-state index contributed by atoms with van der Waals surface area (Å²) in [5, 5.41) is 15.6. The number of aromatic nitrogens is 4. The summed E-state index contributed by atoms with van der Waals surface area (Å²) >= 11 is 10.00. The summed E-state index contributed by atoms with van der Waals surface area (Å²) in [5.74, 6) is 0.910. The van der Waals surface area contributed by atoms with E-state index in [2.05, 4.69) is 36.8 Å². The predicted molar refractivity (Wildman–Crippen MR) is 160 cm³/mol. The molecule has 0 atom stereocenters. The van der Waals surface area contributed by atoms with Crippen LogP contribution in [0.4, 0.5) is 11.5 Å². The van der Waals surface area contributed by atoms with Gasteiger partial charge in [-0.25, -0.2) is 4.98 Å². The molecule has 0 unspecified atom stereocenters. The van der Waals surface area contributed by atoms with E-state index in [-0.39, 0.29) is 5.91 Å². The van der Waals surface area contributed by atoms with Crippen LogP contribution >= 0.6 is 27.5 Å². The van der Waals surface area contributed by atoms with Gasteiger partial charge in [-0.05, 0) is 46.6 Å². The molecule has 0 bridgehead atoms. The van der Waals surface area contributed by atoms with Gasteiger partial charge in [0.25, 0.3) is 5.91 Å². The van der Waals surface area contributed by atoms with Crippen molar-refractivity contribution in [2.45, 2.75) is 13.5 Å². The SMILES string of the molecule is Cc1onc(-c2ccccc2)c1C(=O)Nc1cccc(CNc2cc(-c3ccccc3Cl)nc3c(Br)cnn23)c1. The van der Waals surface area contributed by atoms with Crippen LogP contribution in [-0.4, -0.2) is 25.7 Å². The zero-order valence-corrected chi connectivity index (χ0v) is 23.6. The number of fused-ring (bicyclic) bond motifs is 1. The number of hydrogen-bond donors (Lipinski definition) is 2. The summed E-state index contributed by atoms with van der Waals surface area (Å²) in [4.78, 5) is 18.0. The lowest BCUT2D eigenvalue weighted by molar-refractivity contribution is 0.102. The molecule has 0 spiro atoms. The average Bonchev–Trinajstić information content (AvgIpc) is 3.55. The van der Waals surface area contributed by atoms with Gasteiger partial charge in [0.2, 0.25) is 0 Å². The monoisotopic (exact) mass is 612 g/mol. The third-order valence-electron chi connectivity index (χ3n) is 6.37. The highest BCUT2D eigenvalue weighted by molar-refractivity contribution is 9.10. The molecule has 0 aliphatic heterocycles. The maximum absolute atomic E-state index is 13.3. The van der Waals surface area contributed by atoms with E-state index in [4.69, 9.17) is 21.1 Å². The van der Waals surface area contributed by atoms with Crippen molar-refractivity contribution in [3.63, 3.8) is 0 Å². The topological polar surface area (TPSA) is 97.3 Å². The Bertz CT molecular complexity index is 1850. The normalized spacial score (nSPS) is 11.1. The fourth-order valence-corrected chi connectivity index (χ4v) is 5.03. The third-order valence-corrected chi connectivity index (χ3v) is 7.26. The lowest BCUT2D eigenvalue weighted by Gasteiger charge is -2.13. The van der Waals surface area contributed by atoms with Crippen molar-refractivity contribution in [2.24, 2.45) is 0 Å². The Kier molecular flexibility index (Phi) is 7.06. The van der Waals surface area contributed by atoms with Crippen molar-refractivity contribution in [3.05, 3.63) is 118 Å². The molecule has 10 heteroatoms. The van der Waals surface area contributed by atoms with Crippen LogP contribution in [0.1, 0.15) is 21.7 Å². The quantitative estimate of drug-likeness (QED) is 0.192. The van der Waals surface area contributed by atoms with Crippen LogP contribution in [0.25, 0.3) is 28.2 Å². The lowest BCUT2D eigenvalue weighted by atomic mass is 10.1. The molecule has 6 aromatic rings. The molecule has 3 aromatic heterocycles. The largest absolute Gasteiger partial charge is 0.366 e. The van der Waals surface area contributed by atoms with Crippen molar-refractivity contribution in [1.82, 2.24) is 19.8 Å². The minimum atomic E-state index is -0.288. The van der Waals surface area contributed by atoms with Crippen molar-refractivity contribution < 1.29 is 9.32 Å². The maximum atomic E-state index is 13.3. The van der Waals surface area contributed by atoms with Crippen LogP contribution < -0.4 is 10.6 Å². The second-order valence-corrected chi connectivity index (χ2v) is 10.3. The van der Waals surface area contributed by atoms with Crippen LogP contribution in [0, 0.1) is 6.92 Å². The zero-order chi connectivity index (χ0) is 27.6. The van der Waals surface area contributed by atoms with Gasteiger partial charge in [0.15, 0.2) is 5.65 Å². The zero-order valence-electron chi connectivity index (χ0n) is 21.2. The summed E-state index contributed by atoms with van der Waals surface area (Å²) in [6.45, 7) is 2.21. The number of amides is 1. The van der Waals surface area contributed by atoms with Gasteiger partial charge in [0.1, 0.15) is 22.8 Å². The van der Waals surface area contributed by atoms with Gasteiger partial charge in [0, 0.05) is 34.4 Å². The van der Waals surface area contributed by atoms with E-state index in [1.807, 2.05) is 84.9 Å². The number of hydrogen-bond acceptors (Lipinski definition) is 6. The van der Waals surface area contributed by atoms with Crippen LogP contribution in [0.2, 0.25) is 5.02 Å². The molecule has 6 rings (SSSR count). The molecule has 198 valence electrons. The number of carbonyl (C=O) groups is 1. The van der Waals surface area contributed by atoms with Crippen LogP contribution in [0.3, 0.4) is 0 Å². The van der Waals surface area contributed by atoms with E-state index < -0.39 is 0 Å². The van der Waals surface area contributed by atoms with Gasteiger partial charge in [0.05, 0.1) is 16.4 Å². The first kappa shape index (κ1) is 25.8. The second kappa shape index (κ2) is 11.0. The summed E-state index contributed by atoms with van der Waals surface area (Å²) in [7, 11) is 0. The molecule has 8 nitrogen and oxygen atoms in total. The highest BCUT2D eigenvalue weighted by Crippen LogP contribution is 2.31. The van der Waals surface area contributed by atoms with E-state index in [0.29, 0.717) is 39.9 Å². The number of halogens is 2. The van der Waals surface area contributed by atoms with Gasteiger partial charge in [-0.2, -0.15) is 9.61 Å². The van der Waals surface area contributed by atoms with E-state index >= 15 is 0 Å². The van der Waals surface area contributed by atoms with Crippen LogP contribution in [0.15, 0.2) is 100 Å². The molecular weight excluding hydrogens is 592 g/mol. The Balaban J connectivity index is 1.24. The highest BCUT2D eigenvalue weighted by Gasteiger charge is 2.22. The second-order valence-electron chi connectivity index (χ2n) is 9.07. The molecule has 3 aromatic carbocycles. The maximum Gasteiger partial charge on any atom is 0.261 e. The summed E-state index contributed by atoms with van der Waals surface area (Å²) in [6.07, 6.45) is 1.70. The molecule has 1 amide bonds. The standard InChI is InChI=1S/C30H22BrClN6O2/c1-18-27(28(37-40-18)20-9-3-2-4-10-20)30(39)35-21-11-7-8-19(14-21)16-33-26-15-25(22-12-5-6-13-24(22)32)36-29-23(31)17-34-38(26)29/h2-15,17,33H,16H2,1H3,(H,35,39). The Labute approximate surface area is 243 Å². The highest BCUT2D eigenvalue weighted by atomic mass is 79.9. The average molecular weight is 614 g/mol. The number of nitrogens with zero attached hydrogens (tertiary/aromatic N) is 4. The van der Waals surface area contributed by atoms with Gasteiger partial charge < -0.3 is 15.2 Å². The summed E-state index contributed by atoms with van der Waals surface area (Å²) < 4.78 is 7.86. The molecule has 0 aliphatic carbocycles. The number of carbonyl (C=O) groups excluding carboxylic acids is 1. The Morgan fingerprint density at radius 3 is 2.65 bits per heavy atom. The van der Waals surface area contributed by atoms with E-state index in [0.717, 1.165) is 32.7 Å². The third kappa shape index (κ3) is 5.09. The van der Waals surface area contributed by atoms with E-state index in [1.165, 1.54) is 0 Å². The minimum Gasteiger partial charge on any atom is -0.366 e. The van der Waals surface area contributed by atoms with Gasteiger partial charge in [-0.15, -0.1) is 0 Å². The number of nitrogens with one attached hydrogen (secondary N) is 2. The number of anilines is 2. The summed E-state index contributed by atoms with van der Waals surface area (Å²) in [6, 6.07) is 26.6. The molecule has 0 aliphatic rings. The predicted octanol–water partition coefficient (Wildman–Crippen LogP) is 7.64. The number of aryl methyl sites for hydroxylation is 1. The molecule has 0 radical (unpaired) electrons. The fraction of sp³-hybridized carbons (Fsp3) is 0.0667. The number of rotatable bonds is 7. The van der Waals surface area contributed by atoms with E-state index in [9.17, 15) is 4.79 Å². The molecule has 40 heavy (non-hydrogen) atoms. The van der Waals surface area contributed by atoms with Crippen molar-refractivity contribution >= 4 is 50.6 Å². The minimum absolute atomic E-state index is 0.288. The van der Waals surface area contributed by atoms with Gasteiger partial charge in [-0.1, -0.05) is 77.4 Å². The summed E-state index contributed by atoms with van der Waals surface area (Å²) in [5.41, 5.74) is 5.56. The molecule has 2 N–H and O–H groups in total. The first-order chi connectivity index (χ1) is 19.5. The molecular formula is C30H22BrClN6O2. The van der Waals surface area contributed by atoms with Crippen LogP contribution in [0.5, 0.6) is 0 Å². The first-order valence-corrected chi connectivity index (χ1v) is 13.6. The Morgan fingerprint density at radius 1 is 1.02 bits per heavy atom. The van der Waals surface area contributed by atoms with Gasteiger partial charge in [-0.3, -0.25) is 4.79 Å². The fourth-order valence-electron chi connectivity index (χ4n) is 4.45. The van der Waals surface area contributed by atoms with E-state index in [1.54, 1.807) is 17.6 Å². The first-order valence-electron chi connectivity index (χ1n) is 12.4. The smallest absolute Gasteiger partial charge is 0.261 e. The Morgan fingerprint density at radius 2 is 1.82 bits per heavy atom. The van der Waals surface area contributed by atoms with Crippen molar-refractivity contribution in [1.29, 1.82) is 0 Å². The number of benzene rings is 3.